The molecular weight excluding hydrogens is 216 g/mol. The number of hydrogen-bond donors (Lipinski definition) is 3. The highest BCUT2D eigenvalue weighted by atomic mass is 32.1. The zero-order valence-corrected chi connectivity index (χ0v) is 9.00. The molecule has 1 aromatic rings. The summed E-state index contributed by atoms with van der Waals surface area (Å²) in [6.45, 7) is 1.81. The molecule has 6 heteroatoms. The van der Waals surface area contributed by atoms with E-state index in [1.807, 2.05) is 16.8 Å². The van der Waals surface area contributed by atoms with Gasteiger partial charge in [-0.2, -0.15) is 11.3 Å². The van der Waals surface area contributed by atoms with Gasteiger partial charge in [0, 0.05) is 6.54 Å². The minimum absolute atomic E-state index is 0.404. The van der Waals surface area contributed by atoms with E-state index in [9.17, 15) is 9.59 Å². The molecule has 0 radical (unpaired) electrons. The van der Waals surface area contributed by atoms with Gasteiger partial charge in [0.1, 0.15) is 6.04 Å². The normalized spacial score (nSPS) is 11.8. The highest BCUT2D eigenvalue weighted by Gasteiger charge is 2.12. The summed E-state index contributed by atoms with van der Waals surface area (Å²) in [6, 6.07) is 0.537. The zero-order chi connectivity index (χ0) is 11.3. The predicted molar refractivity (Wildman–Crippen MR) is 56.8 cm³/mol. The van der Waals surface area contributed by atoms with Crippen molar-refractivity contribution in [1.82, 2.24) is 10.6 Å². The van der Waals surface area contributed by atoms with Crippen molar-refractivity contribution in [2.75, 3.05) is 0 Å². The van der Waals surface area contributed by atoms with Gasteiger partial charge in [-0.3, -0.25) is 4.79 Å². The van der Waals surface area contributed by atoms with Crippen molar-refractivity contribution in [3.63, 3.8) is 0 Å². The first-order valence-corrected chi connectivity index (χ1v) is 5.32. The second-order valence-electron chi connectivity index (χ2n) is 3.02. The second-order valence-corrected chi connectivity index (χ2v) is 3.80. The van der Waals surface area contributed by atoms with E-state index in [-0.39, 0.29) is 0 Å². The lowest BCUT2D eigenvalue weighted by molar-refractivity contribution is -0.138. The van der Waals surface area contributed by atoms with E-state index >= 15 is 0 Å². The largest absolute Gasteiger partial charge is 0.480 e. The Morgan fingerprint density at radius 1 is 1.60 bits per heavy atom. The van der Waals surface area contributed by atoms with Gasteiger partial charge in [0.2, 0.25) is 0 Å². The number of carboxylic acids is 1. The van der Waals surface area contributed by atoms with E-state index in [0.29, 0.717) is 6.54 Å². The van der Waals surface area contributed by atoms with Crippen LogP contribution in [0, 0.1) is 0 Å². The van der Waals surface area contributed by atoms with E-state index in [4.69, 9.17) is 5.11 Å². The zero-order valence-electron chi connectivity index (χ0n) is 8.19. The molecule has 0 saturated heterocycles. The Kier molecular flexibility index (Phi) is 4.11. The van der Waals surface area contributed by atoms with E-state index in [1.165, 1.54) is 6.92 Å². The van der Waals surface area contributed by atoms with Crippen LogP contribution in [-0.4, -0.2) is 23.1 Å². The molecule has 1 atom stereocenters. The SMILES string of the molecule is C[C@@H](NC(=O)NCc1ccsc1)C(=O)O. The number of aliphatic carboxylic acids is 1. The van der Waals surface area contributed by atoms with Crippen LogP contribution >= 0.6 is 11.3 Å². The van der Waals surface area contributed by atoms with Crippen molar-refractivity contribution in [3.05, 3.63) is 22.4 Å². The Morgan fingerprint density at radius 3 is 2.87 bits per heavy atom. The number of carbonyl (C=O) groups is 2. The van der Waals surface area contributed by atoms with Crippen molar-refractivity contribution >= 4 is 23.3 Å². The van der Waals surface area contributed by atoms with Gasteiger partial charge >= 0.3 is 12.0 Å². The molecule has 1 heterocycles. The molecule has 0 aromatic carbocycles. The van der Waals surface area contributed by atoms with Crippen molar-refractivity contribution in [1.29, 1.82) is 0 Å². The molecule has 1 rings (SSSR count). The average molecular weight is 228 g/mol. The smallest absolute Gasteiger partial charge is 0.325 e. The highest BCUT2D eigenvalue weighted by molar-refractivity contribution is 7.07. The van der Waals surface area contributed by atoms with Crippen LogP contribution in [0.1, 0.15) is 12.5 Å². The maximum Gasteiger partial charge on any atom is 0.325 e. The van der Waals surface area contributed by atoms with Crippen LogP contribution in [-0.2, 0) is 11.3 Å². The Morgan fingerprint density at radius 2 is 2.33 bits per heavy atom. The predicted octanol–water partition coefficient (Wildman–Crippen LogP) is 1.02. The topological polar surface area (TPSA) is 78.4 Å². The van der Waals surface area contributed by atoms with Crippen molar-refractivity contribution in [2.24, 2.45) is 0 Å². The summed E-state index contributed by atoms with van der Waals surface area (Å²) in [5.41, 5.74) is 0.998. The van der Waals surface area contributed by atoms with Crippen LogP contribution in [0.25, 0.3) is 0 Å². The average Bonchev–Trinajstić information content (AvgIpc) is 2.66. The molecule has 0 aliphatic heterocycles. The van der Waals surface area contributed by atoms with Crippen LogP contribution in [0.15, 0.2) is 16.8 Å². The number of carboxylic acid groups (broad SMARTS) is 1. The fourth-order valence-electron chi connectivity index (χ4n) is 0.885. The Bertz CT molecular complexity index is 337. The fraction of sp³-hybridized carbons (Fsp3) is 0.333. The van der Waals surface area contributed by atoms with Gasteiger partial charge in [-0.25, -0.2) is 4.79 Å². The van der Waals surface area contributed by atoms with Crippen molar-refractivity contribution < 1.29 is 14.7 Å². The van der Waals surface area contributed by atoms with Crippen LogP contribution in [0.3, 0.4) is 0 Å². The molecule has 3 N–H and O–H groups in total. The molecule has 0 saturated carbocycles. The second kappa shape index (κ2) is 5.35. The summed E-state index contributed by atoms with van der Waals surface area (Å²) in [6.07, 6.45) is 0. The van der Waals surface area contributed by atoms with Crippen LogP contribution in [0.4, 0.5) is 4.79 Å². The fourth-order valence-corrected chi connectivity index (χ4v) is 1.55. The summed E-state index contributed by atoms with van der Waals surface area (Å²) >= 11 is 1.54. The van der Waals surface area contributed by atoms with E-state index < -0.39 is 18.0 Å². The highest BCUT2D eigenvalue weighted by Crippen LogP contribution is 2.04. The van der Waals surface area contributed by atoms with Crippen LogP contribution in [0.2, 0.25) is 0 Å². The molecule has 0 aliphatic carbocycles. The number of thiophene rings is 1. The number of urea groups is 1. The lowest BCUT2D eigenvalue weighted by Crippen LogP contribution is -2.44. The molecule has 0 spiro atoms. The Hall–Kier alpha value is -1.56. The van der Waals surface area contributed by atoms with E-state index in [2.05, 4.69) is 10.6 Å². The van der Waals surface area contributed by atoms with E-state index in [0.717, 1.165) is 5.56 Å². The maximum absolute atomic E-state index is 11.2. The first-order valence-electron chi connectivity index (χ1n) is 4.38. The number of nitrogens with one attached hydrogen (secondary N) is 2. The van der Waals surface area contributed by atoms with E-state index in [1.54, 1.807) is 11.3 Å². The van der Waals surface area contributed by atoms with Gasteiger partial charge in [-0.1, -0.05) is 0 Å². The minimum Gasteiger partial charge on any atom is -0.480 e. The van der Waals surface area contributed by atoms with Crippen molar-refractivity contribution in [2.45, 2.75) is 19.5 Å². The molecule has 15 heavy (non-hydrogen) atoms. The molecule has 82 valence electrons. The summed E-state index contributed by atoms with van der Waals surface area (Å²) in [7, 11) is 0. The summed E-state index contributed by atoms with van der Waals surface area (Å²) in [5, 5.41) is 17.2. The molecule has 0 fully saturated rings. The van der Waals surface area contributed by atoms with Gasteiger partial charge in [0.25, 0.3) is 0 Å². The Balaban J connectivity index is 2.28. The standard InChI is InChI=1S/C9H12N2O3S/c1-6(8(12)13)11-9(14)10-4-7-2-3-15-5-7/h2-3,5-6H,4H2,1H3,(H,12,13)(H2,10,11,14)/t6-/m1/s1. The molecule has 5 nitrogen and oxygen atoms in total. The number of amides is 2. The number of rotatable bonds is 4. The van der Waals surface area contributed by atoms with Crippen LogP contribution in [0.5, 0.6) is 0 Å². The maximum atomic E-state index is 11.2. The summed E-state index contributed by atoms with van der Waals surface area (Å²) in [4.78, 5) is 21.6. The van der Waals surface area contributed by atoms with Gasteiger partial charge in [-0.05, 0) is 29.3 Å². The monoisotopic (exact) mass is 228 g/mol. The summed E-state index contributed by atoms with van der Waals surface area (Å²) < 4.78 is 0. The lowest BCUT2D eigenvalue weighted by Gasteiger charge is -2.09. The number of hydrogen-bond acceptors (Lipinski definition) is 3. The minimum atomic E-state index is -1.05. The van der Waals surface area contributed by atoms with Gasteiger partial charge in [0.15, 0.2) is 0 Å². The Labute approximate surface area is 91.1 Å². The molecule has 1 aromatic heterocycles. The third-order valence-corrected chi connectivity index (χ3v) is 2.48. The van der Waals surface area contributed by atoms with Gasteiger partial charge in [-0.15, -0.1) is 0 Å². The molecule has 0 bridgehead atoms. The van der Waals surface area contributed by atoms with Gasteiger partial charge in [0.05, 0.1) is 0 Å². The summed E-state index contributed by atoms with van der Waals surface area (Å²) in [5.74, 6) is -1.05. The van der Waals surface area contributed by atoms with Gasteiger partial charge < -0.3 is 15.7 Å². The molecular formula is C9H12N2O3S. The van der Waals surface area contributed by atoms with Crippen molar-refractivity contribution in [3.8, 4) is 0 Å². The lowest BCUT2D eigenvalue weighted by atomic mass is 10.3. The molecule has 0 unspecified atom stereocenters. The van der Waals surface area contributed by atoms with Crippen LogP contribution < -0.4 is 10.6 Å². The molecule has 2 amide bonds. The molecule has 0 aliphatic rings. The first kappa shape index (κ1) is 11.5. The number of carbonyl (C=O) groups excluding carboxylic acids is 1. The quantitative estimate of drug-likeness (QED) is 0.720. The first-order chi connectivity index (χ1) is 7.09. The third kappa shape index (κ3) is 3.99. The third-order valence-electron chi connectivity index (χ3n) is 1.75.